The number of hydrogen-bond acceptors (Lipinski definition) is 2. The highest BCUT2D eigenvalue weighted by Gasteiger charge is 2.44. The van der Waals surface area contributed by atoms with Crippen LogP contribution in [0.15, 0.2) is 180 Å². The van der Waals surface area contributed by atoms with Gasteiger partial charge in [0.1, 0.15) is 7.05 Å². The van der Waals surface area contributed by atoms with Crippen molar-refractivity contribution in [1.29, 1.82) is 0 Å². The molecule has 59 heavy (non-hydrogen) atoms. The highest BCUT2D eigenvalue weighted by Crippen LogP contribution is 2.51. The van der Waals surface area contributed by atoms with E-state index in [9.17, 15) is 17.3 Å². The summed E-state index contributed by atoms with van der Waals surface area (Å²) in [6, 6.07) is 48.5. The number of likely N-dealkylation sites (N-methyl/N-ethyl adjacent to an activating group) is 1. The molecule has 2 heterocycles. The van der Waals surface area contributed by atoms with E-state index in [0.29, 0.717) is 0 Å². The number of para-hydroxylation sites is 2. The van der Waals surface area contributed by atoms with E-state index in [2.05, 4.69) is 214 Å². The van der Waals surface area contributed by atoms with Crippen molar-refractivity contribution in [3.05, 3.63) is 191 Å². The van der Waals surface area contributed by atoms with Crippen LogP contribution >= 0.6 is 0 Å². The lowest BCUT2D eigenvalue weighted by molar-refractivity contribution is -0.401. The van der Waals surface area contributed by atoms with E-state index in [-0.39, 0.29) is 10.8 Å². The van der Waals surface area contributed by atoms with Gasteiger partial charge in [-0.1, -0.05) is 117 Å². The molecule has 0 saturated carbocycles. The van der Waals surface area contributed by atoms with Crippen molar-refractivity contribution >= 4 is 57.3 Å². The summed E-state index contributed by atoms with van der Waals surface area (Å²) in [7, 11) is -1.55. The summed E-state index contributed by atoms with van der Waals surface area (Å²) >= 11 is 0. The lowest BCUT2D eigenvalue weighted by Crippen LogP contribution is -2.27. The minimum absolute atomic E-state index is 0.153. The third-order valence-electron chi connectivity index (χ3n) is 12.2. The van der Waals surface area contributed by atoms with Crippen LogP contribution in [0.2, 0.25) is 0 Å². The van der Waals surface area contributed by atoms with Crippen LogP contribution in [-0.4, -0.2) is 31.6 Å². The Hall–Kier alpha value is -6.15. The molecular weight excluding hydrogens is 741 g/mol. The van der Waals surface area contributed by atoms with Crippen LogP contribution in [0.1, 0.15) is 51.7 Å². The van der Waals surface area contributed by atoms with Gasteiger partial charge in [-0.05, 0) is 107 Å². The van der Waals surface area contributed by atoms with Crippen molar-refractivity contribution in [2.24, 2.45) is 0 Å². The largest absolute Gasteiger partial charge is 0.673 e. The van der Waals surface area contributed by atoms with E-state index < -0.39 is 7.25 Å². The molecule has 3 nitrogen and oxygen atoms in total. The fourth-order valence-electron chi connectivity index (χ4n) is 9.63. The quantitative estimate of drug-likeness (QED) is 0.0944. The van der Waals surface area contributed by atoms with Gasteiger partial charge in [0.25, 0.3) is 0 Å². The van der Waals surface area contributed by atoms with Crippen LogP contribution < -0.4 is 9.80 Å². The molecule has 0 spiro atoms. The maximum atomic E-state index is 9.75. The number of fused-ring (bicyclic) bond motifs is 6. The molecule has 8 heteroatoms. The van der Waals surface area contributed by atoms with E-state index in [1.807, 2.05) is 0 Å². The molecule has 0 aromatic heterocycles. The first kappa shape index (κ1) is 39.7. The molecule has 0 unspecified atom stereocenters. The average molecular weight is 790 g/mol. The normalized spacial score (nSPS) is 18.3. The van der Waals surface area contributed by atoms with Crippen LogP contribution in [0, 0.1) is 0 Å². The number of anilines is 3. The topological polar surface area (TPSA) is 9.49 Å². The van der Waals surface area contributed by atoms with E-state index in [0.717, 1.165) is 24.2 Å². The number of halogens is 4. The van der Waals surface area contributed by atoms with Crippen molar-refractivity contribution in [2.45, 2.75) is 51.4 Å². The molecule has 9 rings (SSSR count). The summed E-state index contributed by atoms with van der Waals surface area (Å²) < 4.78 is 41.4. The molecule has 298 valence electrons. The smallest absolute Gasteiger partial charge is 0.418 e. The van der Waals surface area contributed by atoms with Gasteiger partial charge in [-0.3, -0.25) is 0 Å². The van der Waals surface area contributed by atoms with Gasteiger partial charge in [-0.25, -0.2) is 0 Å². The van der Waals surface area contributed by atoms with Crippen LogP contribution in [0.5, 0.6) is 0 Å². The summed E-state index contributed by atoms with van der Waals surface area (Å²) in [5.41, 5.74) is 14.0. The molecule has 0 atom stereocenters. The summed E-state index contributed by atoms with van der Waals surface area (Å²) in [6.07, 6.45) is 11.6. The van der Waals surface area contributed by atoms with Gasteiger partial charge in [0.2, 0.25) is 5.69 Å². The first-order valence-corrected chi connectivity index (χ1v) is 20.2. The second kappa shape index (κ2) is 15.2. The Morgan fingerprint density at radius 3 is 1.73 bits per heavy atom. The van der Waals surface area contributed by atoms with Crippen molar-refractivity contribution in [2.75, 3.05) is 23.9 Å². The van der Waals surface area contributed by atoms with Crippen LogP contribution in [0.25, 0.3) is 21.5 Å². The molecule has 0 fully saturated rings. The molecule has 6 aromatic carbocycles. The Morgan fingerprint density at radius 2 is 1.14 bits per heavy atom. The van der Waals surface area contributed by atoms with Gasteiger partial charge in [0.05, 0.1) is 11.1 Å². The maximum absolute atomic E-state index is 9.75. The molecule has 0 N–H and O–H groups in total. The van der Waals surface area contributed by atoms with Crippen LogP contribution in [0.3, 0.4) is 0 Å². The minimum atomic E-state index is -6.00. The van der Waals surface area contributed by atoms with Gasteiger partial charge in [-0.15, -0.1) is 0 Å². The molecule has 0 saturated heterocycles. The van der Waals surface area contributed by atoms with E-state index >= 15 is 0 Å². The molecule has 1 aliphatic carbocycles. The zero-order chi connectivity index (χ0) is 41.7. The SMILES string of the molecule is CN1/C(=C\C=C2/CCC(/C=C/C3=[N+](C)c4ccc5ccccc5c4C3(C)C)=C2N(c2ccccc2)c2ccccc2)C(C)(C)c2c1ccc1ccccc21.F[B-](F)(F)F. The van der Waals surface area contributed by atoms with Gasteiger partial charge < -0.3 is 27.1 Å². The number of nitrogens with zero attached hydrogens (tertiary/aromatic N) is 3. The summed E-state index contributed by atoms with van der Waals surface area (Å²) in [5, 5.41) is 5.26. The Bertz CT molecular complexity index is 2700. The first-order chi connectivity index (χ1) is 28.2. The second-order valence-electron chi connectivity index (χ2n) is 16.6. The second-order valence-corrected chi connectivity index (χ2v) is 16.6. The number of benzene rings is 6. The number of rotatable bonds is 6. The monoisotopic (exact) mass is 789 g/mol. The summed E-state index contributed by atoms with van der Waals surface area (Å²) in [4.78, 5) is 4.87. The molecule has 0 bridgehead atoms. The van der Waals surface area contributed by atoms with E-state index in [1.165, 1.54) is 72.3 Å². The van der Waals surface area contributed by atoms with Gasteiger partial charge in [0.15, 0.2) is 5.71 Å². The molecule has 0 radical (unpaired) electrons. The fraction of sp³-hybridized carbons (Fsp3) is 0.196. The van der Waals surface area contributed by atoms with Gasteiger partial charge in [0, 0.05) is 52.9 Å². The van der Waals surface area contributed by atoms with Gasteiger partial charge >= 0.3 is 7.25 Å². The average Bonchev–Trinajstić information content (AvgIpc) is 3.77. The zero-order valence-electron chi connectivity index (χ0n) is 34.4. The van der Waals surface area contributed by atoms with Crippen molar-refractivity contribution < 1.29 is 21.8 Å². The standard InChI is InChI=1S/C51H48N3.BF4/c1-50(2)45(52(5)43-31-27-35-17-13-15-23-41(35)47(43)50)33-29-37-25-26-38(49(37)54(39-19-9-7-10-20-39)40-21-11-8-12-22-40)30-34-46-51(3,4)48-42-24-16-14-18-36(42)28-32-44(48)53(46)6;2-1(3,4)5/h7-24,27-34H,25-26H2,1-6H3;/q+1;-1. The lowest BCUT2D eigenvalue weighted by Gasteiger charge is -2.29. The maximum Gasteiger partial charge on any atom is 0.673 e. The molecule has 3 aliphatic rings. The molecule has 2 aliphatic heterocycles. The fourth-order valence-corrected chi connectivity index (χ4v) is 9.63. The number of hydrogen-bond donors (Lipinski definition) is 0. The highest BCUT2D eigenvalue weighted by molar-refractivity contribution is 6.50. The van der Waals surface area contributed by atoms with Crippen molar-refractivity contribution in [3.63, 3.8) is 0 Å². The predicted octanol–water partition coefficient (Wildman–Crippen LogP) is 14.0. The Morgan fingerprint density at radius 1 is 0.610 bits per heavy atom. The molecule has 6 aromatic rings. The highest BCUT2D eigenvalue weighted by atomic mass is 19.5. The Labute approximate surface area is 344 Å². The molecule has 0 amide bonds. The molecular formula is C51H48BF4N3. The number of allylic oxidation sites excluding steroid dienone is 7. The van der Waals surface area contributed by atoms with E-state index in [4.69, 9.17) is 0 Å². The zero-order valence-corrected chi connectivity index (χ0v) is 34.4. The first-order valence-electron chi connectivity index (χ1n) is 20.2. The third kappa shape index (κ3) is 7.30. The Balaban J connectivity index is 0.000000915. The third-order valence-corrected chi connectivity index (χ3v) is 12.2. The van der Waals surface area contributed by atoms with Crippen molar-refractivity contribution in [3.8, 4) is 0 Å². The van der Waals surface area contributed by atoms with Crippen molar-refractivity contribution in [1.82, 2.24) is 0 Å². The summed E-state index contributed by atoms with van der Waals surface area (Å²) in [6.45, 7) is 9.52. The van der Waals surface area contributed by atoms with Crippen LogP contribution in [-0.2, 0) is 10.8 Å². The Kier molecular flexibility index (Phi) is 10.2. The predicted molar refractivity (Wildman–Crippen MR) is 240 cm³/mol. The van der Waals surface area contributed by atoms with E-state index in [1.54, 1.807) is 0 Å². The lowest BCUT2D eigenvalue weighted by atomic mass is 9.79. The van der Waals surface area contributed by atoms with Crippen LogP contribution in [0.4, 0.5) is 40.0 Å². The van der Waals surface area contributed by atoms with Gasteiger partial charge in [-0.2, -0.15) is 4.58 Å². The minimum Gasteiger partial charge on any atom is -0.418 e. The summed E-state index contributed by atoms with van der Waals surface area (Å²) in [5.74, 6) is 0.